The third-order valence-corrected chi connectivity index (χ3v) is 5.25. The predicted molar refractivity (Wildman–Crippen MR) is 108 cm³/mol. The second-order valence-electron chi connectivity index (χ2n) is 7.12. The molecule has 0 saturated carbocycles. The van der Waals surface area contributed by atoms with Gasteiger partial charge in [-0.05, 0) is 31.9 Å². The first kappa shape index (κ1) is 19.3. The van der Waals surface area contributed by atoms with Crippen LogP contribution in [-0.4, -0.2) is 43.3 Å². The number of aromatic nitrogens is 5. The second-order valence-corrected chi connectivity index (χ2v) is 7.12. The van der Waals surface area contributed by atoms with Gasteiger partial charge in [0, 0.05) is 43.1 Å². The van der Waals surface area contributed by atoms with Crippen molar-refractivity contribution in [3.05, 3.63) is 53.9 Å². The molecular weight excluding hydrogens is 368 g/mol. The van der Waals surface area contributed by atoms with Crippen molar-refractivity contribution in [1.29, 1.82) is 0 Å². The van der Waals surface area contributed by atoms with Gasteiger partial charge in [-0.15, -0.1) is 0 Å². The highest BCUT2D eigenvalue weighted by atomic mass is 16.5. The molecule has 1 saturated heterocycles. The lowest BCUT2D eigenvalue weighted by molar-refractivity contribution is -0.0163. The van der Waals surface area contributed by atoms with E-state index < -0.39 is 0 Å². The Bertz CT molecular complexity index is 962. The van der Waals surface area contributed by atoms with E-state index in [1.54, 1.807) is 18.3 Å². The molecule has 8 heteroatoms. The van der Waals surface area contributed by atoms with E-state index in [9.17, 15) is 4.79 Å². The fourth-order valence-electron chi connectivity index (χ4n) is 3.63. The topological polar surface area (TPSA) is 97.7 Å². The van der Waals surface area contributed by atoms with Gasteiger partial charge in [0.25, 0.3) is 5.91 Å². The fourth-order valence-corrected chi connectivity index (χ4v) is 3.63. The zero-order chi connectivity index (χ0) is 20.2. The van der Waals surface area contributed by atoms with E-state index in [0.29, 0.717) is 18.0 Å². The van der Waals surface area contributed by atoms with Crippen molar-refractivity contribution in [3.63, 3.8) is 0 Å². The minimum absolute atomic E-state index is 0.108. The normalized spacial score (nSPS) is 19.2. The zero-order valence-electron chi connectivity index (χ0n) is 16.8. The van der Waals surface area contributed by atoms with Crippen molar-refractivity contribution in [2.24, 2.45) is 0 Å². The van der Waals surface area contributed by atoms with Crippen LogP contribution in [0.3, 0.4) is 0 Å². The Labute approximate surface area is 169 Å². The first-order chi connectivity index (χ1) is 14.2. The Morgan fingerprint density at radius 1 is 1.31 bits per heavy atom. The number of imidazole rings is 1. The first-order valence-corrected chi connectivity index (χ1v) is 10.1. The summed E-state index contributed by atoms with van der Waals surface area (Å²) in [5, 5.41) is 10.3. The van der Waals surface area contributed by atoms with Gasteiger partial charge in [0.2, 0.25) is 0 Å². The number of aryl methyl sites for hydroxylation is 2. The van der Waals surface area contributed by atoms with Gasteiger partial charge in [0.1, 0.15) is 17.8 Å². The highest BCUT2D eigenvalue weighted by Crippen LogP contribution is 2.28. The molecule has 3 heterocycles. The van der Waals surface area contributed by atoms with Crippen LogP contribution in [0.2, 0.25) is 0 Å². The molecule has 1 aliphatic rings. The molecule has 1 aromatic carbocycles. The Morgan fingerprint density at radius 2 is 2.14 bits per heavy atom. The summed E-state index contributed by atoms with van der Waals surface area (Å²) in [5.41, 5.74) is 1.48. The number of benzene rings is 1. The van der Waals surface area contributed by atoms with Crippen molar-refractivity contribution in [3.8, 4) is 11.4 Å². The smallest absolute Gasteiger partial charge is 0.251 e. The summed E-state index contributed by atoms with van der Waals surface area (Å²) in [6, 6.07) is 7.24. The number of rotatable bonds is 6. The van der Waals surface area contributed by atoms with E-state index in [1.807, 2.05) is 25.3 Å². The maximum Gasteiger partial charge on any atom is 0.251 e. The number of nitrogens with one attached hydrogen (secondary N) is 2. The molecule has 2 N–H and O–H groups in total. The summed E-state index contributed by atoms with van der Waals surface area (Å²) >= 11 is 0. The summed E-state index contributed by atoms with van der Waals surface area (Å²) < 4.78 is 8.05. The van der Waals surface area contributed by atoms with Crippen molar-refractivity contribution < 1.29 is 9.53 Å². The van der Waals surface area contributed by atoms with Crippen molar-refractivity contribution >= 4 is 5.91 Å². The Hall–Kier alpha value is -3.00. The maximum absolute atomic E-state index is 12.8. The minimum atomic E-state index is -0.234. The number of hydrogen-bond donors (Lipinski definition) is 2. The van der Waals surface area contributed by atoms with Crippen molar-refractivity contribution in [2.45, 2.75) is 51.8 Å². The largest absolute Gasteiger partial charge is 0.368 e. The highest BCUT2D eigenvalue weighted by Gasteiger charge is 2.32. The molecule has 1 amide bonds. The molecular formula is C21H26N6O2. The molecule has 0 unspecified atom stereocenters. The number of ether oxygens (including phenoxy) is 1. The van der Waals surface area contributed by atoms with E-state index >= 15 is 0 Å². The standard InChI is InChI=1S/C21H26N6O2/c1-3-17-24-19(26-25-17)14-7-9-15(10-8-14)21(28)23-16-6-5-13-29-18(16)20-22-11-12-27(20)4-2/h7-12,16,18H,3-6,13H2,1-2H3,(H,23,28)(H,24,25,26)/t16-,18-/m0/s1. The SMILES string of the molecule is CCc1nc(-c2ccc(C(=O)N[C@H]3CCCO[C@@H]3c3nccn3CC)cc2)n[nH]1. The van der Waals surface area contributed by atoms with E-state index in [0.717, 1.165) is 43.0 Å². The van der Waals surface area contributed by atoms with Crippen LogP contribution >= 0.6 is 0 Å². The van der Waals surface area contributed by atoms with Crippen molar-refractivity contribution in [1.82, 2.24) is 30.0 Å². The quantitative estimate of drug-likeness (QED) is 0.670. The van der Waals surface area contributed by atoms with Crippen LogP contribution in [-0.2, 0) is 17.7 Å². The number of amides is 1. The Balaban J connectivity index is 1.47. The van der Waals surface area contributed by atoms with Gasteiger partial charge in [0.05, 0.1) is 6.04 Å². The zero-order valence-corrected chi connectivity index (χ0v) is 16.8. The van der Waals surface area contributed by atoms with Crippen molar-refractivity contribution in [2.75, 3.05) is 6.61 Å². The van der Waals surface area contributed by atoms with Crippen LogP contribution < -0.4 is 5.32 Å². The molecule has 0 spiro atoms. The summed E-state index contributed by atoms with van der Waals surface area (Å²) in [7, 11) is 0. The number of carbonyl (C=O) groups is 1. The van der Waals surface area contributed by atoms with Crippen LogP contribution in [0.5, 0.6) is 0 Å². The molecule has 8 nitrogen and oxygen atoms in total. The fraction of sp³-hybridized carbons (Fsp3) is 0.429. The number of carbonyl (C=O) groups excluding carboxylic acids is 1. The van der Waals surface area contributed by atoms with Crippen LogP contribution in [0.4, 0.5) is 0 Å². The number of aromatic amines is 1. The van der Waals surface area contributed by atoms with Gasteiger partial charge in [-0.25, -0.2) is 9.97 Å². The Kier molecular flexibility index (Phi) is 5.71. The van der Waals surface area contributed by atoms with Gasteiger partial charge < -0.3 is 14.6 Å². The molecule has 1 aliphatic heterocycles. The average molecular weight is 394 g/mol. The second kappa shape index (κ2) is 8.57. The number of hydrogen-bond acceptors (Lipinski definition) is 5. The molecule has 2 atom stereocenters. The number of nitrogens with zero attached hydrogens (tertiary/aromatic N) is 4. The third-order valence-electron chi connectivity index (χ3n) is 5.25. The van der Waals surface area contributed by atoms with Crippen LogP contribution in [0.15, 0.2) is 36.7 Å². The lowest BCUT2D eigenvalue weighted by Gasteiger charge is -2.32. The highest BCUT2D eigenvalue weighted by molar-refractivity contribution is 5.94. The predicted octanol–water partition coefficient (Wildman–Crippen LogP) is 2.90. The molecule has 0 bridgehead atoms. The van der Waals surface area contributed by atoms with Gasteiger partial charge in [0.15, 0.2) is 5.82 Å². The molecule has 0 radical (unpaired) electrons. The van der Waals surface area contributed by atoms with E-state index in [2.05, 4.69) is 37.0 Å². The molecule has 2 aromatic heterocycles. The van der Waals surface area contributed by atoms with Gasteiger partial charge >= 0.3 is 0 Å². The molecule has 1 fully saturated rings. The maximum atomic E-state index is 12.8. The third kappa shape index (κ3) is 4.07. The lowest BCUT2D eigenvalue weighted by atomic mass is 10.0. The summed E-state index contributed by atoms with van der Waals surface area (Å²) in [6.07, 6.45) is 6.07. The Morgan fingerprint density at radius 3 is 2.86 bits per heavy atom. The molecule has 0 aliphatic carbocycles. The molecule has 3 aromatic rings. The van der Waals surface area contributed by atoms with Gasteiger partial charge in [-0.2, -0.15) is 5.10 Å². The number of H-pyrrole nitrogens is 1. The lowest BCUT2D eigenvalue weighted by Crippen LogP contribution is -2.43. The van der Waals surface area contributed by atoms with Gasteiger partial charge in [-0.1, -0.05) is 19.1 Å². The van der Waals surface area contributed by atoms with Crippen LogP contribution in [0.1, 0.15) is 54.8 Å². The van der Waals surface area contributed by atoms with Crippen LogP contribution in [0.25, 0.3) is 11.4 Å². The van der Waals surface area contributed by atoms with E-state index in [-0.39, 0.29) is 18.1 Å². The first-order valence-electron chi connectivity index (χ1n) is 10.1. The van der Waals surface area contributed by atoms with E-state index in [4.69, 9.17) is 4.74 Å². The monoisotopic (exact) mass is 394 g/mol. The average Bonchev–Trinajstić information content (AvgIpc) is 3.43. The van der Waals surface area contributed by atoms with Gasteiger partial charge in [-0.3, -0.25) is 9.89 Å². The summed E-state index contributed by atoms with van der Waals surface area (Å²) in [6.45, 7) is 5.59. The summed E-state index contributed by atoms with van der Waals surface area (Å²) in [4.78, 5) is 21.7. The molecule has 152 valence electrons. The van der Waals surface area contributed by atoms with E-state index in [1.165, 1.54) is 0 Å². The minimum Gasteiger partial charge on any atom is -0.368 e. The molecule has 4 rings (SSSR count). The van der Waals surface area contributed by atoms with Crippen LogP contribution in [0, 0.1) is 0 Å². The summed E-state index contributed by atoms with van der Waals surface area (Å²) in [5.74, 6) is 2.23. The molecule has 29 heavy (non-hydrogen) atoms.